The molecule has 0 amide bonds. The van der Waals surface area contributed by atoms with Gasteiger partial charge in [-0.2, -0.15) is 5.10 Å². The standard InChI is InChI=1S/C13H18N2/c1-9(2)11-6-5-7-15-13(11)12(8-14-15)10(3)4/h5-10H,1-4H3. The van der Waals surface area contributed by atoms with Crippen LogP contribution in [0.25, 0.3) is 5.52 Å². The van der Waals surface area contributed by atoms with Crippen LogP contribution in [-0.4, -0.2) is 9.61 Å². The highest BCUT2D eigenvalue weighted by molar-refractivity contribution is 5.62. The first-order valence-corrected chi connectivity index (χ1v) is 5.57. The minimum Gasteiger partial charge on any atom is -0.240 e. The van der Waals surface area contributed by atoms with E-state index in [-0.39, 0.29) is 0 Å². The van der Waals surface area contributed by atoms with Crippen LogP contribution in [-0.2, 0) is 0 Å². The zero-order chi connectivity index (χ0) is 11.0. The number of aromatic nitrogens is 2. The Morgan fingerprint density at radius 1 is 1.07 bits per heavy atom. The van der Waals surface area contributed by atoms with Crippen molar-refractivity contribution in [1.29, 1.82) is 0 Å². The van der Waals surface area contributed by atoms with Crippen molar-refractivity contribution in [2.24, 2.45) is 0 Å². The summed E-state index contributed by atoms with van der Waals surface area (Å²) in [6.45, 7) is 8.89. The Bertz CT molecular complexity index is 466. The van der Waals surface area contributed by atoms with E-state index in [1.807, 2.05) is 16.9 Å². The summed E-state index contributed by atoms with van der Waals surface area (Å²) in [7, 11) is 0. The summed E-state index contributed by atoms with van der Waals surface area (Å²) in [5.41, 5.74) is 4.03. The van der Waals surface area contributed by atoms with E-state index in [0.717, 1.165) is 0 Å². The predicted molar refractivity (Wildman–Crippen MR) is 63.4 cm³/mol. The molecule has 0 unspecified atom stereocenters. The molecule has 15 heavy (non-hydrogen) atoms. The van der Waals surface area contributed by atoms with Crippen LogP contribution in [0.2, 0.25) is 0 Å². The van der Waals surface area contributed by atoms with Gasteiger partial charge in [0.25, 0.3) is 0 Å². The number of rotatable bonds is 2. The molecule has 0 aromatic carbocycles. The molecular weight excluding hydrogens is 184 g/mol. The van der Waals surface area contributed by atoms with Crippen molar-refractivity contribution >= 4 is 5.52 Å². The molecule has 2 heteroatoms. The van der Waals surface area contributed by atoms with E-state index in [0.29, 0.717) is 11.8 Å². The van der Waals surface area contributed by atoms with Gasteiger partial charge in [0.2, 0.25) is 0 Å². The van der Waals surface area contributed by atoms with Crippen LogP contribution in [0.4, 0.5) is 0 Å². The fourth-order valence-corrected chi connectivity index (χ4v) is 1.98. The van der Waals surface area contributed by atoms with Crippen LogP contribution < -0.4 is 0 Å². The van der Waals surface area contributed by atoms with Crippen LogP contribution in [0.1, 0.15) is 50.7 Å². The lowest BCUT2D eigenvalue weighted by Crippen LogP contribution is -1.96. The third-order valence-corrected chi connectivity index (χ3v) is 2.84. The Labute approximate surface area is 90.9 Å². The third-order valence-electron chi connectivity index (χ3n) is 2.84. The summed E-state index contributed by atoms with van der Waals surface area (Å²) < 4.78 is 1.99. The predicted octanol–water partition coefficient (Wildman–Crippen LogP) is 3.58. The lowest BCUT2D eigenvalue weighted by atomic mass is 9.97. The fourth-order valence-electron chi connectivity index (χ4n) is 1.98. The smallest absolute Gasteiger partial charge is 0.0730 e. The molecule has 0 aliphatic carbocycles. The maximum Gasteiger partial charge on any atom is 0.0730 e. The number of fused-ring (bicyclic) bond motifs is 1. The lowest BCUT2D eigenvalue weighted by Gasteiger charge is -2.10. The fraction of sp³-hybridized carbons (Fsp3) is 0.462. The molecule has 2 aromatic heterocycles. The van der Waals surface area contributed by atoms with Crippen molar-refractivity contribution in [3.63, 3.8) is 0 Å². The van der Waals surface area contributed by atoms with E-state index < -0.39 is 0 Å². The SMILES string of the molecule is CC(C)c1cccn2ncc(C(C)C)c12. The van der Waals surface area contributed by atoms with Gasteiger partial charge >= 0.3 is 0 Å². The third kappa shape index (κ3) is 1.65. The van der Waals surface area contributed by atoms with E-state index >= 15 is 0 Å². The number of hydrogen-bond acceptors (Lipinski definition) is 1. The maximum atomic E-state index is 4.40. The molecule has 0 radical (unpaired) electrons. The molecule has 0 aliphatic rings. The highest BCUT2D eigenvalue weighted by Gasteiger charge is 2.13. The van der Waals surface area contributed by atoms with Gasteiger partial charge in [-0.15, -0.1) is 0 Å². The second-order valence-corrected chi connectivity index (χ2v) is 4.67. The summed E-state index contributed by atoms with van der Waals surface area (Å²) in [6.07, 6.45) is 4.01. The van der Waals surface area contributed by atoms with Gasteiger partial charge in [-0.1, -0.05) is 33.8 Å². The van der Waals surface area contributed by atoms with Crippen LogP contribution in [0, 0.1) is 0 Å². The van der Waals surface area contributed by atoms with Crippen molar-refractivity contribution in [3.05, 3.63) is 35.7 Å². The van der Waals surface area contributed by atoms with E-state index in [2.05, 4.69) is 44.9 Å². The first-order chi connectivity index (χ1) is 7.11. The molecule has 0 atom stereocenters. The minimum atomic E-state index is 0.530. The number of pyridine rings is 1. The monoisotopic (exact) mass is 202 g/mol. The summed E-state index contributed by atoms with van der Waals surface area (Å²) in [5.74, 6) is 1.07. The van der Waals surface area contributed by atoms with Gasteiger partial charge < -0.3 is 0 Å². The van der Waals surface area contributed by atoms with Gasteiger partial charge in [0.1, 0.15) is 0 Å². The first-order valence-electron chi connectivity index (χ1n) is 5.57. The molecule has 0 N–H and O–H groups in total. The van der Waals surface area contributed by atoms with Crippen molar-refractivity contribution in [2.75, 3.05) is 0 Å². The number of hydrogen-bond donors (Lipinski definition) is 0. The molecule has 0 fully saturated rings. The van der Waals surface area contributed by atoms with E-state index in [4.69, 9.17) is 0 Å². The van der Waals surface area contributed by atoms with E-state index in [9.17, 15) is 0 Å². The highest BCUT2D eigenvalue weighted by atomic mass is 15.2. The Morgan fingerprint density at radius 3 is 2.33 bits per heavy atom. The highest BCUT2D eigenvalue weighted by Crippen LogP contribution is 2.27. The second kappa shape index (κ2) is 3.69. The summed E-state index contributed by atoms with van der Waals surface area (Å²) in [6, 6.07) is 4.27. The minimum absolute atomic E-state index is 0.530. The van der Waals surface area contributed by atoms with Crippen molar-refractivity contribution < 1.29 is 0 Å². The normalized spacial score (nSPS) is 11.9. The molecule has 0 saturated heterocycles. The van der Waals surface area contributed by atoms with Gasteiger partial charge in [0, 0.05) is 11.8 Å². The average molecular weight is 202 g/mol. The summed E-state index contributed by atoms with van der Waals surface area (Å²) in [4.78, 5) is 0. The van der Waals surface area contributed by atoms with Crippen LogP contribution in [0.15, 0.2) is 24.5 Å². The van der Waals surface area contributed by atoms with Gasteiger partial charge in [-0.25, -0.2) is 4.52 Å². The Morgan fingerprint density at radius 2 is 1.73 bits per heavy atom. The Kier molecular flexibility index (Phi) is 2.51. The second-order valence-electron chi connectivity index (χ2n) is 4.67. The molecule has 2 heterocycles. The molecule has 0 bridgehead atoms. The first kappa shape index (κ1) is 10.2. The summed E-state index contributed by atoms with van der Waals surface area (Å²) in [5, 5.41) is 4.40. The Hall–Kier alpha value is -1.31. The zero-order valence-electron chi connectivity index (χ0n) is 9.86. The van der Waals surface area contributed by atoms with E-state index in [1.54, 1.807) is 0 Å². The lowest BCUT2D eigenvalue weighted by molar-refractivity contribution is 0.842. The molecule has 0 spiro atoms. The van der Waals surface area contributed by atoms with Crippen LogP contribution in [0.5, 0.6) is 0 Å². The van der Waals surface area contributed by atoms with E-state index in [1.165, 1.54) is 16.6 Å². The Balaban J connectivity index is 2.75. The van der Waals surface area contributed by atoms with Crippen LogP contribution in [0.3, 0.4) is 0 Å². The molecule has 0 saturated carbocycles. The molecule has 2 nitrogen and oxygen atoms in total. The molecular formula is C13H18N2. The molecule has 2 aromatic rings. The van der Waals surface area contributed by atoms with Gasteiger partial charge in [0.15, 0.2) is 0 Å². The number of nitrogens with zero attached hydrogens (tertiary/aromatic N) is 2. The van der Waals surface area contributed by atoms with Crippen molar-refractivity contribution in [1.82, 2.24) is 9.61 Å². The largest absolute Gasteiger partial charge is 0.240 e. The quantitative estimate of drug-likeness (QED) is 0.727. The maximum absolute atomic E-state index is 4.40. The van der Waals surface area contributed by atoms with Gasteiger partial charge in [-0.3, -0.25) is 0 Å². The molecule has 0 aliphatic heterocycles. The zero-order valence-corrected chi connectivity index (χ0v) is 9.86. The van der Waals surface area contributed by atoms with Crippen molar-refractivity contribution in [2.45, 2.75) is 39.5 Å². The van der Waals surface area contributed by atoms with Gasteiger partial charge in [0.05, 0.1) is 11.7 Å². The molecule has 80 valence electrons. The van der Waals surface area contributed by atoms with Crippen LogP contribution >= 0.6 is 0 Å². The summed E-state index contributed by atoms with van der Waals surface area (Å²) >= 11 is 0. The van der Waals surface area contributed by atoms with Crippen molar-refractivity contribution in [3.8, 4) is 0 Å². The molecule has 2 rings (SSSR count). The topological polar surface area (TPSA) is 17.3 Å². The average Bonchev–Trinajstić information content (AvgIpc) is 2.60. The van der Waals surface area contributed by atoms with Gasteiger partial charge in [-0.05, 0) is 23.5 Å².